The van der Waals surface area contributed by atoms with Crippen molar-refractivity contribution in [3.63, 3.8) is 0 Å². The molecule has 5 nitrogen and oxygen atoms in total. The van der Waals surface area contributed by atoms with Crippen molar-refractivity contribution in [1.82, 2.24) is 5.32 Å². The topological polar surface area (TPSA) is 86.6 Å². The van der Waals surface area contributed by atoms with Gasteiger partial charge in [-0.3, -0.25) is 4.79 Å². The van der Waals surface area contributed by atoms with E-state index in [2.05, 4.69) is 17.2 Å². The molecule has 3 N–H and O–H groups in total. The van der Waals surface area contributed by atoms with Crippen molar-refractivity contribution in [3.05, 3.63) is 53.3 Å². The molecule has 1 aromatic carbocycles. The molecular weight excluding hydrogens is 306 g/mol. The SMILES string of the molecule is O=C(C/C=C/C#Cc1ccc(O)cc1)NC1=C(C(=O)O)CCCC1. The second-order valence-corrected chi connectivity index (χ2v) is 5.44. The smallest absolute Gasteiger partial charge is 0.333 e. The van der Waals surface area contributed by atoms with Gasteiger partial charge in [0.15, 0.2) is 0 Å². The van der Waals surface area contributed by atoms with Crippen LogP contribution in [0.3, 0.4) is 0 Å². The number of allylic oxidation sites excluding steroid dienone is 2. The summed E-state index contributed by atoms with van der Waals surface area (Å²) < 4.78 is 0. The molecule has 1 amide bonds. The Hall–Kier alpha value is -3.00. The second kappa shape index (κ2) is 8.59. The normalized spacial score (nSPS) is 14.2. The fourth-order valence-electron chi connectivity index (χ4n) is 2.39. The summed E-state index contributed by atoms with van der Waals surface area (Å²) in [5.74, 6) is 4.68. The second-order valence-electron chi connectivity index (χ2n) is 5.44. The first-order valence-electron chi connectivity index (χ1n) is 7.77. The molecule has 0 fully saturated rings. The Morgan fingerprint density at radius 3 is 2.58 bits per heavy atom. The molecule has 1 aliphatic rings. The Bertz CT molecular complexity index is 733. The lowest BCUT2D eigenvalue weighted by molar-refractivity contribution is -0.133. The number of phenolic OH excluding ortho intramolecular Hbond substituents is 1. The molecule has 5 heteroatoms. The van der Waals surface area contributed by atoms with Gasteiger partial charge >= 0.3 is 5.97 Å². The average molecular weight is 325 g/mol. The minimum absolute atomic E-state index is 0.140. The van der Waals surface area contributed by atoms with Crippen molar-refractivity contribution in [1.29, 1.82) is 0 Å². The van der Waals surface area contributed by atoms with Gasteiger partial charge in [-0.2, -0.15) is 0 Å². The minimum atomic E-state index is -0.958. The third-order valence-corrected chi connectivity index (χ3v) is 3.60. The highest BCUT2D eigenvalue weighted by Gasteiger charge is 2.19. The maximum absolute atomic E-state index is 11.9. The number of carbonyl (C=O) groups excluding carboxylic acids is 1. The van der Waals surface area contributed by atoms with Crippen LogP contribution in [-0.2, 0) is 9.59 Å². The number of aromatic hydroxyl groups is 1. The summed E-state index contributed by atoms with van der Waals surface area (Å²) in [6.07, 6.45) is 6.18. The van der Waals surface area contributed by atoms with Crippen LogP contribution in [0.1, 0.15) is 37.7 Å². The first kappa shape index (κ1) is 17.4. The number of amides is 1. The van der Waals surface area contributed by atoms with E-state index < -0.39 is 5.97 Å². The van der Waals surface area contributed by atoms with E-state index in [4.69, 9.17) is 10.2 Å². The number of carbonyl (C=O) groups is 2. The Balaban J connectivity index is 1.87. The molecule has 1 aliphatic carbocycles. The van der Waals surface area contributed by atoms with Crippen LogP contribution >= 0.6 is 0 Å². The molecule has 0 saturated carbocycles. The van der Waals surface area contributed by atoms with Crippen LogP contribution in [0.4, 0.5) is 0 Å². The van der Waals surface area contributed by atoms with E-state index in [1.165, 1.54) is 0 Å². The van der Waals surface area contributed by atoms with Gasteiger partial charge in [-0.25, -0.2) is 4.79 Å². The molecule has 0 saturated heterocycles. The maximum atomic E-state index is 11.9. The highest BCUT2D eigenvalue weighted by atomic mass is 16.4. The van der Waals surface area contributed by atoms with E-state index in [1.807, 2.05) is 0 Å². The van der Waals surface area contributed by atoms with Gasteiger partial charge in [-0.05, 0) is 56.0 Å². The zero-order valence-electron chi connectivity index (χ0n) is 13.2. The third-order valence-electron chi connectivity index (χ3n) is 3.60. The van der Waals surface area contributed by atoms with Crippen molar-refractivity contribution < 1.29 is 19.8 Å². The quantitative estimate of drug-likeness (QED) is 0.743. The number of rotatable bonds is 4. The predicted molar refractivity (Wildman–Crippen MR) is 90.0 cm³/mol. The summed E-state index contributed by atoms with van der Waals surface area (Å²) in [7, 11) is 0. The van der Waals surface area contributed by atoms with E-state index in [-0.39, 0.29) is 18.1 Å². The number of carboxylic acid groups (broad SMARTS) is 1. The van der Waals surface area contributed by atoms with Crippen LogP contribution in [0.5, 0.6) is 5.75 Å². The van der Waals surface area contributed by atoms with Gasteiger partial charge < -0.3 is 15.5 Å². The molecular formula is C19H19NO4. The number of nitrogens with one attached hydrogen (secondary N) is 1. The van der Waals surface area contributed by atoms with Gasteiger partial charge in [-0.1, -0.05) is 17.9 Å². The van der Waals surface area contributed by atoms with E-state index >= 15 is 0 Å². The maximum Gasteiger partial charge on any atom is 0.333 e. The number of benzene rings is 1. The summed E-state index contributed by atoms with van der Waals surface area (Å²) in [6, 6.07) is 6.51. The van der Waals surface area contributed by atoms with Gasteiger partial charge in [0, 0.05) is 17.7 Å². The molecule has 0 aliphatic heterocycles. The minimum Gasteiger partial charge on any atom is -0.508 e. The van der Waals surface area contributed by atoms with Crippen molar-refractivity contribution in [2.75, 3.05) is 0 Å². The lowest BCUT2D eigenvalue weighted by Gasteiger charge is -2.18. The molecule has 124 valence electrons. The van der Waals surface area contributed by atoms with Gasteiger partial charge in [-0.15, -0.1) is 0 Å². The fraction of sp³-hybridized carbons (Fsp3) is 0.263. The van der Waals surface area contributed by atoms with Crippen LogP contribution < -0.4 is 5.32 Å². The number of aliphatic carboxylic acids is 1. The zero-order chi connectivity index (χ0) is 17.4. The van der Waals surface area contributed by atoms with Gasteiger partial charge in [0.25, 0.3) is 0 Å². The van der Waals surface area contributed by atoms with Crippen LogP contribution in [-0.4, -0.2) is 22.1 Å². The van der Waals surface area contributed by atoms with E-state index in [9.17, 15) is 9.59 Å². The lowest BCUT2D eigenvalue weighted by atomic mass is 9.96. The average Bonchev–Trinajstić information content (AvgIpc) is 2.56. The summed E-state index contributed by atoms with van der Waals surface area (Å²) in [6.45, 7) is 0. The Morgan fingerprint density at radius 1 is 1.17 bits per heavy atom. The Morgan fingerprint density at radius 2 is 1.88 bits per heavy atom. The first-order chi connectivity index (χ1) is 11.6. The molecule has 2 rings (SSSR count). The van der Waals surface area contributed by atoms with Crippen LogP contribution in [0.25, 0.3) is 0 Å². The molecule has 0 heterocycles. The summed E-state index contributed by atoms with van der Waals surface area (Å²) in [5.41, 5.74) is 1.60. The molecule has 0 atom stereocenters. The summed E-state index contributed by atoms with van der Waals surface area (Å²) in [5, 5.41) is 21.0. The first-order valence-corrected chi connectivity index (χ1v) is 7.77. The monoisotopic (exact) mass is 325 g/mol. The summed E-state index contributed by atoms with van der Waals surface area (Å²) >= 11 is 0. The van der Waals surface area contributed by atoms with Crippen molar-refractivity contribution in [2.24, 2.45) is 0 Å². The molecule has 1 aromatic rings. The van der Waals surface area contributed by atoms with E-state index in [1.54, 1.807) is 36.4 Å². The van der Waals surface area contributed by atoms with Crippen molar-refractivity contribution in [3.8, 4) is 17.6 Å². The van der Waals surface area contributed by atoms with Crippen molar-refractivity contribution in [2.45, 2.75) is 32.1 Å². The van der Waals surface area contributed by atoms with Crippen LogP contribution in [0, 0.1) is 11.8 Å². The zero-order valence-corrected chi connectivity index (χ0v) is 13.2. The third kappa shape index (κ3) is 5.33. The van der Waals surface area contributed by atoms with Gasteiger partial charge in [0.05, 0.1) is 5.57 Å². The molecule has 0 unspecified atom stereocenters. The Kier molecular flexibility index (Phi) is 6.21. The predicted octanol–water partition coefficient (Wildman–Crippen LogP) is 2.72. The highest BCUT2D eigenvalue weighted by Crippen LogP contribution is 2.23. The van der Waals surface area contributed by atoms with Crippen LogP contribution in [0.15, 0.2) is 47.7 Å². The number of carboxylic acids is 1. The van der Waals surface area contributed by atoms with Crippen molar-refractivity contribution >= 4 is 11.9 Å². The molecule has 24 heavy (non-hydrogen) atoms. The fourth-order valence-corrected chi connectivity index (χ4v) is 2.39. The number of hydrogen-bond donors (Lipinski definition) is 3. The number of hydrogen-bond acceptors (Lipinski definition) is 3. The molecule has 0 bridgehead atoms. The van der Waals surface area contributed by atoms with Crippen LogP contribution in [0.2, 0.25) is 0 Å². The Labute approximate surface area is 140 Å². The van der Waals surface area contributed by atoms with Gasteiger partial charge in [0.1, 0.15) is 5.75 Å². The van der Waals surface area contributed by atoms with Gasteiger partial charge in [0.2, 0.25) is 5.91 Å². The molecule has 0 radical (unpaired) electrons. The molecule has 0 spiro atoms. The number of phenols is 1. The summed E-state index contributed by atoms with van der Waals surface area (Å²) in [4.78, 5) is 23.0. The van der Waals surface area contributed by atoms with E-state index in [0.717, 1.165) is 18.4 Å². The lowest BCUT2D eigenvalue weighted by Crippen LogP contribution is -2.26. The van der Waals surface area contributed by atoms with E-state index in [0.29, 0.717) is 24.1 Å². The standard InChI is InChI=1S/C19H19NO4/c21-15-12-10-14(11-13-15)6-2-1-3-9-18(22)20-17-8-5-4-7-16(17)19(23)24/h1,3,10-13,21H,4-5,7-9H2,(H,20,22)(H,23,24)/b3-1+. The highest BCUT2D eigenvalue weighted by molar-refractivity contribution is 5.89. The largest absolute Gasteiger partial charge is 0.508 e. The molecule has 0 aromatic heterocycles.